The molecule has 0 atom stereocenters. The highest BCUT2D eigenvalue weighted by Crippen LogP contribution is 2.65. The lowest BCUT2D eigenvalue weighted by molar-refractivity contribution is 0.637. The van der Waals surface area contributed by atoms with Crippen molar-refractivity contribution in [1.82, 2.24) is 0 Å². The molecule has 9 aromatic rings. The SMILES string of the molecule is CC1(C)c2cc(N(c3cc4c5c(c3)C(C)(C)c3cccc6ccc(c-5c36)C4(C)C)c3cc4c5c(c3)C(C)(C)c3cccc6ccc(c-5c36)C4(C)C)cc3c2-c2c1ccc1cccc(c21)C3(C)C. The number of rotatable bonds is 3. The number of nitrogens with zero attached hydrogens (tertiary/aromatic N) is 1. The molecule has 67 heavy (non-hydrogen) atoms. The van der Waals surface area contributed by atoms with Crippen molar-refractivity contribution in [2.24, 2.45) is 0 Å². The van der Waals surface area contributed by atoms with Gasteiger partial charge in [0.25, 0.3) is 0 Å². The summed E-state index contributed by atoms with van der Waals surface area (Å²) in [6, 6.07) is 51.1. The molecule has 6 aliphatic rings. The Morgan fingerprint density at radius 2 is 0.478 bits per heavy atom. The fourth-order valence-electron chi connectivity index (χ4n) is 15.4. The van der Waals surface area contributed by atoms with Crippen molar-refractivity contribution in [2.75, 3.05) is 4.90 Å². The maximum absolute atomic E-state index is 2.71. The smallest absolute Gasteiger partial charge is 0.0468 e. The molecule has 0 aliphatic heterocycles. The number of anilines is 3. The Morgan fingerprint density at radius 3 is 0.731 bits per heavy atom. The fraction of sp³-hybridized carbons (Fsp3) is 0.273. The van der Waals surface area contributed by atoms with E-state index in [0.717, 1.165) is 0 Å². The minimum absolute atomic E-state index is 0.182. The molecule has 0 radical (unpaired) electrons. The predicted octanol–water partition coefficient (Wildman–Crippen LogP) is 17.5. The molecule has 0 saturated carbocycles. The van der Waals surface area contributed by atoms with Crippen molar-refractivity contribution in [3.05, 3.63) is 194 Å². The van der Waals surface area contributed by atoms with Gasteiger partial charge in [0.2, 0.25) is 0 Å². The van der Waals surface area contributed by atoms with Crippen molar-refractivity contribution >= 4 is 49.4 Å². The van der Waals surface area contributed by atoms with Gasteiger partial charge in [-0.25, -0.2) is 0 Å². The second kappa shape index (κ2) is 11.3. The standard InChI is InChI=1S/C66H57N/c1-61(2)40-19-13-16-34-22-25-43-58(52(34)40)55-46(61)28-37(31-49(55)64(43,7)8)67(38-29-47-56-50(32-38)65(9,10)44-26-23-35-17-14-20-41(62(47,3)4)53(35)59(44)56)39-30-48-57-51(33-39)66(11,12)45-27-24-36-18-15-21-42(63(48,5)6)54(36)60(45)57/h13-33H,1-12H3. The summed E-state index contributed by atoms with van der Waals surface area (Å²) in [4.78, 5) is 2.71. The van der Waals surface area contributed by atoms with Gasteiger partial charge in [-0.05, 0) is 169 Å². The van der Waals surface area contributed by atoms with Crippen molar-refractivity contribution in [3.63, 3.8) is 0 Å². The van der Waals surface area contributed by atoms with Gasteiger partial charge in [-0.15, -0.1) is 0 Å². The van der Waals surface area contributed by atoms with Crippen molar-refractivity contribution in [1.29, 1.82) is 0 Å². The highest BCUT2D eigenvalue weighted by atomic mass is 15.1. The van der Waals surface area contributed by atoms with E-state index in [1.54, 1.807) is 0 Å². The first kappa shape index (κ1) is 38.6. The van der Waals surface area contributed by atoms with Gasteiger partial charge in [0.05, 0.1) is 0 Å². The van der Waals surface area contributed by atoms with Gasteiger partial charge in [-0.3, -0.25) is 0 Å². The summed E-state index contributed by atoms with van der Waals surface area (Å²) in [6.45, 7) is 29.7. The van der Waals surface area contributed by atoms with Crippen molar-refractivity contribution in [3.8, 4) is 33.4 Å². The fourth-order valence-corrected chi connectivity index (χ4v) is 15.4. The maximum Gasteiger partial charge on any atom is 0.0468 e. The maximum atomic E-state index is 2.71. The number of benzene rings is 9. The molecule has 1 heteroatoms. The van der Waals surface area contributed by atoms with E-state index in [4.69, 9.17) is 0 Å². The van der Waals surface area contributed by atoms with E-state index in [0.29, 0.717) is 0 Å². The van der Waals surface area contributed by atoms with Gasteiger partial charge >= 0.3 is 0 Å². The number of hydrogen-bond acceptors (Lipinski definition) is 1. The van der Waals surface area contributed by atoms with Crippen LogP contribution in [0.15, 0.2) is 127 Å². The summed E-state index contributed by atoms with van der Waals surface area (Å²) in [5.41, 5.74) is 28.6. The zero-order chi connectivity index (χ0) is 46.0. The Labute approximate surface area is 395 Å². The number of hydrogen-bond donors (Lipinski definition) is 0. The van der Waals surface area contributed by atoms with E-state index < -0.39 is 0 Å². The molecule has 0 N–H and O–H groups in total. The molecule has 15 rings (SSSR count). The van der Waals surface area contributed by atoms with E-state index in [9.17, 15) is 0 Å². The molecule has 0 spiro atoms. The van der Waals surface area contributed by atoms with Crippen LogP contribution in [0.25, 0.3) is 65.7 Å². The minimum atomic E-state index is -0.216. The molecule has 0 unspecified atom stereocenters. The lowest BCUT2D eigenvalue weighted by Crippen LogP contribution is -2.27. The summed E-state index contributed by atoms with van der Waals surface area (Å²) in [7, 11) is 0. The average molecular weight is 864 g/mol. The van der Waals surface area contributed by atoms with Crippen LogP contribution in [0.2, 0.25) is 0 Å². The van der Waals surface area contributed by atoms with Crippen LogP contribution < -0.4 is 4.90 Å². The quantitative estimate of drug-likeness (QED) is 0.171. The molecule has 0 heterocycles. The third kappa shape index (κ3) is 4.13. The van der Waals surface area contributed by atoms with Crippen LogP contribution in [0.3, 0.4) is 0 Å². The van der Waals surface area contributed by atoms with Crippen molar-refractivity contribution < 1.29 is 0 Å². The molecule has 6 aliphatic carbocycles. The summed E-state index contributed by atoms with van der Waals surface area (Å²) in [5, 5.41) is 8.37. The Kier molecular flexibility index (Phi) is 6.51. The summed E-state index contributed by atoms with van der Waals surface area (Å²) in [5.74, 6) is 0. The van der Waals surface area contributed by atoms with Gasteiger partial charge in [-0.1, -0.05) is 174 Å². The summed E-state index contributed by atoms with van der Waals surface area (Å²) in [6.07, 6.45) is 0. The first-order valence-corrected chi connectivity index (χ1v) is 24.8. The first-order chi connectivity index (χ1) is 31.8. The van der Waals surface area contributed by atoms with Gasteiger partial charge < -0.3 is 4.90 Å². The molecule has 1 nitrogen and oxygen atoms in total. The third-order valence-corrected chi connectivity index (χ3v) is 19.1. The molecular formula is C66H57N. The average Bonchev–Trinajstić information content (AvgIpc) is 3.79. The van der Waals surface area contributed by atoms with Gasteiger partial charge in [0.1, 0.15) is 0 Å². The lowest BCUT2D eigenvalue weighted by atomic mass is 9.68. The van der Waals surface area contributed by atoms with Crippen LogP contribution in [0.5, 0.6) is 0 Å². The molecular weight excluding hydrogens is 807 g/mol. The lowest BCUT2D eigenvalue weighted by Gasteiger charge is -2.39. The van der Waals surface area contributed by atoms with Crippen molar-refractivity contribution in [2.45, 2.75) is 116 Å². The highest BCUT2D eigenvalue weighted by Gasteiger charge is 2.49. The predicted molar refractivity (Wildman–Crippen MR) is 283 cm³/mol. The normalized spacial score (nSPS) is 19.2. The Balaban J connectivity index is 1.07. The van der Waals surface area contributed by atoms with Crippen LogP contribution in [-0.4, -0.2) is 0 Å². The molecule has 0 aromatic heterocycles. The van der Waals surface area contributed by atoms with Crippen LogP contribution in [0, 0.1) is 0 Å². The van der Waals surface area contributed by atoms with Crippen LogP contribution >= 0.6 is 0 Å². The van der Waals surface area contributed by atoms with Gasteiger partial charge in [0.15, 0.2) is 0 Å². The van der Waals surface area contributed by atoms with E-state index in [1.165, 1.54) is 150 Å². The molecule has 0 saturated heterocycles. The van der Waals surface area contributed by atoms with Crippen LogP contribution in [-0.2, 0) is 32.5 Å². The third-order valence-electron chi connectivity index (χ3n) is 19.1. The Hall–Kier alpha value is -6.44. The first-order valence-electron chi connectivity index (χ1n) is 24.8. The second-order valence-electron chi connectivity index (χ2n) is 24.5. The monoisotopic (exact) mass is 863 g/mol. The Morgan fingerprint density at radius 1 is 0.239 bits per heavy atom. The van der Waals surface area contributed by atoms with Gasteiger partial charge in [-0.2, -0.15) is 0 Å². The molecule has 0 fully saturated rings. The zero-order valence-electron chi connectivity index (χ0n) is 41.1. The summed E-state index contributed by atoms with van der Waals surface area (Å²) < 4.78 is 0. The van der Waals surface area contributed by atoms with E-state index in [1.807, 2.05) is 0 Å². The zero-order valence-corrected chi connectivity index (χ0v) is 41.1. The molecule has 0 amide bonds. The largest absolute Gasteiger partial charge is 0.310 e. The van der Waals surface area contributed by atoms with Gasteiger partial charge in [0, 0.05) is 49.6 Å². The summed E-state index contributed by atoms with van der Waals surface area (Å²) >= 11 is 0. The topological polar surface area (TPSA) is 3.24 Å². The molecule has 0 bridgehead atoms. The Bertz CT molecular complexity index is 3510. The second-order valence-corrected chi connectivity index (χ2v) is 24.5. The van der Waals surface area contributed by atoms with Crippen LogP contribution in [0.4, 0.5) is 17.1 Å². The van der Waals surface area contributed by atoms with E-state index in [-0.39, 0.29) is 32.5 Å². The highest BCUT2D eigenvalue weighted by molar-refractivity contribution is 6.12. The van der Waals surface area contributed by atoms with E-state index >= 15 is 0 Å². The molecule has 9 aromatic carbocycles. The van der Waals surface area contributed by atoms with Crippen LogP contribution in [0.1, 0.15) is 150 Å². The minimum Gasteiger partial charge on any atom is -0.310 e. The molecule has 326 valence electrons. The van der Waals surface area contributed by atoms with E-state index in [2.05, 4.69) is 215 Å².